The van der Waals surface area contributed by atoms with E-state index in [1.807, 2.05) is 11.8 Å². The Labute approximate surface area is 120 Å². The van der Waals surface area contributed by atoms with Crippen LogP contribution in [-0.4, -0.2) is 35.0 Å². The highest BCUT2D eigenvalue weighted by atomic mass is 16.4. The molecular formula is C16H25NO3. The van der Waals surface area contributed by atoms with Crippen LogP contribution in [-0.2, 0) is 9.59 Å². The number of rotatable bonds is 3. The van der Waals surface area contributed by atoms with Crippen molar-refractivity contribution in [2.75, 3.05) is 13.1 Å². The molecule has 1 aliphatic carbocycles. The van der Waals surface area contributed by atoms with Crippen molar-refractivity contribution in [1.29, 1.82) is 0 Å². The van der Waals surface area contributed by atoms with Gasteiger partial charge in [0.2, 0.25) is 5.91 Å². The summed E-state index contributed by atoms with van der Waals surface area (Å²) in [5.74, 6) is -0.765. The Morgan fingerprint density at radius 2 is 1.90 bits per heavy atom. The van der Waals surface area contributed by atoms with E-state index in [1.165, 1.54) is 5.57 Å². The first-order chi connectivity index (χ1) is 9.53. The molecule has 0 saturated heterocycles. The molecule has 1 fully saturated rings. The molecule has 0 aromatic carbocycles. The lowest BCUT2D eigenvalue weighted by Crippen LogP contribution is -2.41. The second-order valence-electron chi connectivity index (χ2n) is 6.33. The first-order valence-corrected chi connectivity index (χ1v) is 7.70. The first-order valence-electron chi connectivity index (χ1n) is 7.70. The lowest BCUT2D eigenvalue weighted by Gasteiger charge is -2.32. The zero-order chi connectivity index (χ0) is 14.6. The predicted molar refractivity (Wildman–Crippen MR) is 77.3 cm³/mol. The Morgan fingerprint density at radius 3 is 2.45 bits per heavy atom. The van der Waals surface area contributed by atoms with Crippen LogP contribution in [0.3, 0.4) is 0 Å². The number of nitrogens with zero attached hydrogens (tertiary/aromatic N) is 1. The van der Waals surface area contributed by atoms with E-state index in [1.54, 1.807) is 0 Å². The fourth-order valence-corrected chi connectivity index (χ4v) is 3.40. The predicted octanol–water partition coefficient (Wildman–Crippen LogP) is 2.98. The highest BCUT2D eigenvalue weighted by Gasteiger charge is 2.41. The van der Waals surface area contributed by atoms with Crippen molar-refractivity contribution in [3.05, 3.63) is 11.6 Å². The molecule has 4 nitrogen and oxygen atoms in total. The van der Waals surface area contributed by atoms with E-state index in [4.69, 9.17) is 0 Å². The molecule has 0 aromatic heterocycles. The fraction of sp³-hybridized carbons (Fsp3) is 0.750. The molecule has 20 heavy (non-hydrogen) atoms. The van der Waals surface area contributed by atoms with Crippen molar-refractivity contribution in [3.63, 3.8) is 0 Å². The minimum absolute atomic E-state index is 0.0155. The summed E-state index contributed by atoms with van der Waals surface area (Å²) in [6.45, 7) is 3.42. The van der Waals surface area contributed by atoms with Crippen LogP contribution < -0.4 is 0 Å². The van der Waals surface area contributed by atoms with Crippen LogP contribution in [0.15, 0.2) is 11.6 Å². The second-order valence-corrected chi connectivity index (χ2v) is 6.33. The van der Waals surface area contributed by atoms with Crippen LogP contribution in [0.4, 0.5) is 0 Å². The number of carbonyl (C=O) groups excluding carboxylic acids is 1. The largest absolute Gasteiger partial charge is 0.481 e. The van der Waals surface area contributed by atoms with E-state index < -0.39 is 11.4 Å². The van der Waals surface area contributed by atoms with Gasteiger partial charge in [-0.05, 0) is 26.2 Å². The molecule has 1 saturated carbocycles. The normalized spacial score (nSPS) is 22.9. The SMILES string of the molecule is CC1=CCCN(C(=O)CC2(C(=O)O)CCCCCC2)C1. The Kier molecular flexibility index (Phi) is 4.84. The third kappa shape index (κ3) is 3.41. The number of carboxylic acid groups (broad SMARTS) is 1. The lowest BCUT2D eigenvalue weighted by atomic mass is 9.77. The maximum Gasteiger partial charge on any atom is 0.310 e. The molecule has 0 bridgehead atoms. The van der Waals surface area contributed by atoms with Crippen LogP contribution >= 0.6 is 0 Å². The van der Waals surface area contributed by atoms with Crippen LogP contribution in [0.5, 0.6) is 0 Å². The van der Waals surface area contributed by atoms with Gasteiger partial charge in [0, 0.05) is 19.5 Å². The average molecular weight is 279 g/mol. The van der Waals surface area contributed by atoms with Crippen molar-refractivity contribution < 1.29 is 14.7 Å². The minimum Gasteiger partial charge on any atom is -0.481 e. The molecule has 0 radical (unpaired) electrons. The molecular weight excluding hydrogens is 254 g/mol. The Hall–Kier alpha value is -1.32. The van der Waals surface area contributed by atoms with Crippen LogP contribution in [0.25, 0.3) is 0 Å². The number of aliphatic carboxylic acids is 1. The van der Waals surface area contributed by atoms with Gasteiger partial charge in [-0.2, -0.15) is 0 Å². The summed E-state index contributed by atoms with van der Waals surface area (Å²) in [6, 6.07) is 0. The summed E-state index contributed by atoms with van der Waals surface area (Å²) in [5.41, 5.74) is 0.387. The summed E-state index contributed by atoms with van der Waals surface area (Å²) in [6.07, 6.45) is 8.56. The quantitative estimate of drug-likeness (QED) is 0.638. The van der Waals surface area contributed by atoms with Gasteiger partial charge in [0.25, 0.3) is 0 Å². The molecule has 1 amide bonds. The van der Waals surface area contributed by atoms with E-state index in [9.17, 15) is 14.7 Å². The number of hydrogen-bond donors (Lipinski definition) is 1. The monoisotopic (exact) mass is 279 g/mol. The minimum atomic E-state index is -0.817. The molecule has 1 heterocycles. The summed E-state index contributed by atoms with van der Waals surface area (Å²) in [5, 5.41) is 9.63. The van der Waals surface area contributed by atoms with Gasteiger partial charge in [-0.15, -0.1) is 0 Å². The number of carbonyl (C=O) groups is 2. The molecule has 2 rings (SSSR count). The first kappa shape index (κ1) is 15.1. The molecule has 2 aliphatic rings. The zero-order valence-electron chi connectivity index (χ0n) is 12.4. The van der Waals surface area contributed by atoms with Gasteiger partial charge >= 0.3 is 5.97 Å². The standard InChI is InChI=1S/C16H25NO3/c1-13-7-6-10-17(12-13)14(18)11-16(15(19)20)8-4-2-3-5-9-16/h7H,2-6,8-12H2,1H3,(H,19,20). The van der Waals surface area contributed by atoms with E-state index in [2.05, 4.69) is 6.08 Å². The lowest BCUT2D eigenvalue weighted by molar-refractivity contribution is -0.154. The zero-order valence-corrected chi connectivity index (χ0v) is 12.4. The number of carboxylic acids is 1. The highest BCUT2D eigenvalue weighted by molar-refractivity contribution is 5.85. The van der Waals surface area contributed by atoms with Gasteiger partial charge in [0.1, 0.15) is 0 Å². The van der Waals surface area contributed by atoms with Gasteiger partial charge < -0.3 is 10.0 Å². The van der Waals surface area contributed by atoms with E-state index in [0.717, 1.165) is 38.6 Å². The summed E-state index contributed by atoms with van der Waals surface area (Å²) in [4.78, 5) is 26.0. The number of hydrogen-bond acceptors (Lipinski definition) is 2. The third-order valence-electron chi connectivity index (χ3n) is 4.69. The molecule has 0 atom stereocenters. The van der Waals surface area contributed by atoms with E-state index >= 15 is 0 Å². The molecule has 0 spiro atoms. The van der Waals surface area contributed by atoms with Gasteiger partial charge in [-0.3, -0.25) is 9.59 Å². The maximum absolute atomic E-state index is 12.5. The summed E-state index contributed by atoms with van der Waals surface area (Å²) >= 11 is 0. The highest BCUT2D eigenvalue weighted by Crippen LogP contribution is 2.39. The number of amides is 1. The third-order valence-corrected chi connectivity index (χ3v) is 4.69. The summed E-state index contributed by atoms with van der Waals surface area (Å²) in [7, 11) is 0. The molecule has 4 heteroatoms. The summed E-state index contributed by atoms with van der Waals surface area (Å²) < 4.78 is 0. The molecule has 0 aromatic rings. The van der Waals surface area contributed by atoms with E-state index in [0.29, 0.717) is 19.4 Å². The average Bonchev–Trinajstić information content (AvgIpc) is 2.65. The maximum atomic E-state index is 12.5. The molecule has 1 aliphatic heterocycles. The van der Waals surface area contributed by atoms with Gasteiger partial charge in [0.15, 0.2) is 0 Å². The van der Waals surface area contributed by atoms with Gasteiger partial charge in [0.05, 0.1) is 5.41 Å². The van der Waals surface area contributed by atoms with Crippen molar-refractivity contribution in [3.8, 4) is 0 Å². The molecule has 0 unspecified atom stereocenters. The van der Waals surface area contributed by atoms with E-state index in [-0.39, 0.29) is 12.3 Å². The van der Waals surface area contributed by atoms with Crippen LogP contribution in [0.1, 0.15) is 58.3 Å². The smallest absolute Gasteiger partial charge is 0.310 e. The van der Waals surface area contributed by atoms with Crippen LogP contribution in [0, 0.1) is 5.41 Å². The molecule has 112 valence electrons. The topological polar surface area (TPSA) is 57.6 Å². The van der Waals surface area contributed by atoms with Crippen molar-refractivity contribution in [2.45, 2.75) is 58.3 Å². The van der Waals surface area contributed by atoms with Crippen molar-refractivity contribution in [1.82, 2.24) is 4.90 Å². The fourth-order valence-electron chi connectivity index (χ4n) is 3.40. The van der Waals surface area contributed by atoms with Crippen LogP contribution in [0.2, 0.25) is 0 Å². The van der Waals surface area contributed by atoms with Crippen molar-refractivity contribution >= 4 is 11.9 Å². The molecule has 1 N–H and O–H groups in total. The Morgan fingerprint density at radius 1 is 1.25 bits per heavy atom. The van der Waals surface area contributed by atoms with Gasteiger partial charge in [-0.1, -0.05) is 37.3 Å². The Bertz CT molecular complexity index is 406. The second kappa shape index (κ2) is 6.42. The van der Waals surface area contributed by atoms with Gasteiger partial charge in [-0.25, -0.2) is 0 Å². The Balaban J connectivity index is 2.06. The van der Waals surface area contributed by atoms with Crippen molar-refractivity contribution in [2.24, 2.45) is 5.41 Å².